The minimum atomic E-state index is -4.31. The predicted molar refractivity (Wildman–Crippen MR) is 128 cm³/mol. The first-order chi connectivity index (χ1) is 16.2. The molecule has 0 aliphatic heterocycles. The summed E-state index contributed by atoms with van der Waals surface area (Å²) < 4.78 is 55.2. The van der Waals surface area contributed by atoms with Gasteiger partial charge in [0.25, 0.3) is 0 Å². The van der Waals surface area contributed by atoms with Crippen LogP contribution in [0.15, 0.2) is 0 Å². The van der Waals surface area contributed by atoms with Crippen LogP contribution in [-0.4, -0.2) is 56.2 Å². The normalized spacial score (nSPS) is 11.8. The van der Waals surface area contributed by atoms with Crippen LogP contribution in [0.5, 0.6) is 0 Å². The molecule has 0 N–H and O–H groups in total. The highest BCUT2D eigenvalue weighted by atomic mass is 32.3. The zero-order valence-corrected chi connectivity index (χ0v) is 21.7. The second-order valence-corrected chi connectivity index (χ2v) is 12.4. The molecule has 0 heterocycles. The van der Waals surface area contributed by atoms with Gasteiger partial charge in [-0.2, -0.15) is 21.0 Å². The van der Waals surface area contributed by atoms with Crippen molar-refractivity contribution >= 4 is 20.0 Å². The highest BCUT2D eigenvalue weighted by molar-refractivity contribution is 8.07. The highest BCUT2D eigenvalue weighted by Gasteiger charge is 2.43. The predicted octanol–water partition coefficient (Wildman–Crippen LogP) is 3.37. The van der Waals surface area contributed by atoms with Gasteiger partial charge in [0.1, 0.15) is 0 Å². The molecule has 0 rings (SSSR count). The van der Waals surface area contributed by atoms with E-state index in [1.807, 2.05) is 31.2 Å². The van der Waals surface area contributed by atoms with Crippen molar-refractivity contribution in [3.8, 4) is 24.3 Å². The van der Waals surface area contributed by atoms with Gasteiger partial charge in [0, 0.05) is 51.9 Å². The maximum absolute atomic E-state index is 13.7. The number of nitrogens with zero attached hydrogens (tertiary/aromatic N) is 6. The monoisotopic (exact) mass is 512 g/mol. The van der Waals surface area contributed by atoms with Gasteiger partial charge in [-0.15, -0.1) is 0 Å². The fraction of sp³-hybridized carbons (Fsp3) is 0.818. The number of hydrogen-bond acceptors (Lipinski definition) is 8. The van der Waals surface area contributed by atoms with E-state index in [4.69, 9.17) is 21.0 Å². The van der Waals surface area contributed by atoms with Crippen LogP contribution in [0, 0.1) is 45.3 Å². The molecule has 0 saturated heterocycles. The van der Waals surface area contributed by atoms with E-state index < -0.39 is 24.6 Å². The van der Waals surface area contributed by atoms with Gasteiger partial charge in [-0.25, -0.2) is 25.4 Å². The average molecular weight is 513 g/mol. The third-order valence-electron chi connectivity index (χ3n) is 5.21. The van der Waals surface area contributed by atoms with E-state index in [0.29, 0.717) is 12.8 Å². The zero-order valence-electron chi connectivity index (χ0n) is 20.0. The molecule has 10 nitrogen and oxygen atoms in total. The van der Waals surface area contributed by atoms with Crippen molar-refractivity contribution in [1.82, 2.24) is 8.61 Å². The minimum Gasteiger partial charge on any atom is -0.211 e. The molecule has 0 aromatic heterocycles. The molecule has 0 unspecified atom stereocenters. The van der Waals surface area contributed by atoms with Crippen molar-refractivity contribution < 1.29 is 16.8 Å². The Hall–Kier alpha value is -2.22. The summed E-state index contributed by atoms with van der Waals surface area (Å²) in [6, 6.07) is 7.86. The molecule has 0 spiro atoms. The molecule has 0 aliphatic rings. The molecule has 0 bridgehead atoms. The first kappa shape index (κ1) is 31.8. The van der Waals surface area contributed by atoms with Gasteiger partial charge in [0.2, 0.25) is 20.0 Å². The van der Waals surface area contributed by atoms with Crippen molar-refractivity contribution in [3.63, 3.8) is 0 Å². The largest absolute Gasteiger partial charge is 0.232 e. The van der Waals surface area contributed by atoms with E-state index in [0.717, 1.165) is 15.0 Å². The molecule has 0 saturated carbocycles. The quantitative estimate of drug-likeness (QED) is 0.223. The first-order valence-corrected chi connectivity index (χ1v) is 14.7. The van der Waals surface area contributed by atoms with Crippen LogP contribution in [0.1, 0.15) is 84.0 Å². The Morgan fingerprint density at radius 1 is 0.588 bits per heavy atom. The van der Waals surface area contributed by atoms with E-state index >= 15 is 0 Å². The summed E-state index contributed by atoms with van der Waals surface area (Å²) in [4.78, 5) is 0. The molecule has 0 aromatic rings. The van der Waals surface area contributed by atoms with Crippen molar-refractivity contribution in [2.45, 2.75) is 88.6 Å². The Balaban J connectivity index is 6.18. The maximum Gasteiger partial charge on any atom is 0.232 e. The Labute approximate surface area is 205 Å². The summed E-state index contributed by atoms with van der Waals surface area (Å²) in [7, 11) is -8.63. The molecule has 0 radical (unpaired) electrons. The summed E-state index contributed by atoms with van der Waals surface area (Å²) in [5.74, 6) is 0. The van der Waals surface area contributed by atoms with Crippen LogP contribution >= 0.6 is 0 Å². The van der Waals surface area contributed by atoms with Gasteiger partial charge in [0.05, 0.1) is 24.3 Å². The van der Waals surface area contributed by atoms with Gasteiger partial charge in [-0.3, -0.25) is 0 Å². The Kier molecular flexibility index (Phi) is 17.0. The number of nitriles is 4. The Morgan fingerprint density at radius 2 is 0.912 bits per heavy atom. The van der Waals surface area contributed by atoms with Crippen LogP contribution in [-0.2, 0) is 20.0 Å². The maximum atomic E-state index is 13.7. The fourth-order valence-electron chi connectivity index (χ4n) is 3.42. The molecule has 0 aromatic carbocycles. The van der Waals surface area contributed by atoms with Gasteiger partial charge in [-0.05, 0) is 32.1 Å². The lowest BCUT2D eigenvalue weighted by Gasteiger charge is -2.31. The second-order valence-electron chi connectivity index (χ2n) is 7.86. The SMILES string of the molecule is CCCCCC(S(=O)(=O)N(CCCC#N)CCCC#N)S(=O)(=O)N(CCCC#N)CCCC#N. The van der Waals surface area contributed by atoms with Crippen LogP contribution in [0.4, 0.5) is 0 Å². The lowest BCUT2D eigenvalue weighted by molar-refractivity contribution is 0.382. The van der Waals surface area contributed by atoms with Gasteiger partial charge >= 0.3 is 0 Å². The summed E-state index contributed by atoms with van der Waals surface area (Å²) in [6.45, 7) is 1.95. The molecular formula is C22H36N6O4S2. The van der Waals surface area contributed by atoms with E-state index in [1.165, 1.54) is 0 Å². The van der Waals surface area contributed by atoms with Crippen LogP contribution in [0.2, 0.25) is 0 Å². The third kappa shape index (κ3) is 11.3. The van der Waals surface area contributed by atoms with Gasteiger partial charge in [0.15, 0.2) is 4.58 Å². The Bertz CT molecular complexity index is 841. The van der Waals surface area contributed by atoms with Crippen molar-refractivity contribution in [1.29, 1.82) is 21.0 Å². The van der Waals surface area contributed by atoms with Gasteiger partial charge < -0.3 is 0 Å². The van der Waals surface area contributed by atoms with Crippen molar-refractivity contribution in [2.75, 3.05) is 26.2 Å². The summed E-state index contributed by atoms with van der Waals surface area (Å²) in [5.41, 5.74) is 0. The highest BCUT2D eigenvalue weighted by Crippen LogP contribution is 2.26. The molecule has 190 valence electrons. The number of unbranched alkanes of at least 4 members (excludes halogenated alkanes) is 6. The molecule has 0 amide bonds. The number of hydrogen-bond donors (Lipinski definition) is 0. The molecule has 0 aliphatic carbocycles. The molecule has 0 atom stereocenters. The zero-order chi connectivity index (χ0) is 25.9. The minimum absolute atomic E-state index is 0.00395. The first-order valence-electron chi connectivity index (χ1n) is 11.7. The molecule has 12 heteroatoms. The third-order valence-corrected chi connectivity index (χ3v) is 10.6. The lowest BCUT2D eigenvalue weighted by Crippen LogP contribution is -2.49. The summed E-state index contributed by atoms with van der Waals surface area (Å²) >= 11 is 0. The Morgan fingerprint density at radius 3 is 1.18 bits per heavy atom. The standard InChI is InChI=1S/C22H36N6O4S2/c1-2-3-4-13-22(33(29,30)27(18-9-5-14-23)19-10-6-15-24)34(31,32)28(20-11-7-16-25)21-12-8-17-26/h22H,2-13,18-21H2,1H3. The van der Waals surface area contributed by atoms with Crippen LogP contribution < -0.4 is 0 Å². The summed E-state index contributed by atoms with van der Waals surface area (Å²) in [6.07, 6.45) is 3.37. The van der Waals surface area contributed by atoms with Gasteiger partial charge in [-0.1, -0.05) is 26.2 Å². The van der Waals surface area contributed by atoms with E-state index in [9.17, 15) is 16.8 Å². The van der Waals surface area contributed by atoms with E-state index in [1.54, 1.807) is 0 Å². The smallest absolute Gasteiger partial charge is 0.211 e. The van der Waals surface area contributed by atoms with E-state index in [-0.39, 0.29) is 84.0 Å². The van der Waals surface area contributed by atoms with Crippen LogP contribution in [0.3, 0.4) is 0 Å². The molecule has 34 heavy (non-hydrogen) atoms. The second kappa shape index (κ2) is 18.2. The lowest BCUT2D eigenvalue weighted by atomic mass is 10.2. The van der Waals surface area contributed by atoms with E-state index in [2.05, 4.69) is 0 Å². The average Bonchev–Trinajstić information content (AvgIpc) is 2.79. The van der Waals surface area contributed by atoms with Crippen molar-refractivity contribution in [2.24, 2.45) is 0 Å². The number of rotatable bonds is 20. The van der Waals surface area contributed by atoms with Crippen LogP contribution in [0.25, 0.3) is 0 Å². The topological polar surface area (TPSA) is 170 Å². The summed E-state index contributed by atoms with van der Waals surface area (Å²) in [5, 5.41) is 35.4. The number of sulfonamides is 2. The fourth-order valence-corrected chi connectivity index (χ4v) is 8.50. The van der Waals surface area contributed by atoms with Crippen molar-refractivity contribution in [3.05, 3.63) is 0 Å². The molecule has 0 fully saturated rings. The molecular weight excluding hydrogens is 476 g/mol.